The number of carbonyl (C=O) groups excluding carboxylic acids is 1. The van der Waals surface area contributed by atoms with E-state index in [-0.39, 0.29) is 5.91 Å². The number of hydrogen-bond acceptors (Lipinski definition) is 2. The zero-order chi connectivity index (χ0) is 13.0. The summed E-state index contributed by atoms with van der Waals surface area (Å²) in [5.74, 6) is -0.00144. The summed E-state index contributed by atoms with van der Waals surface area (Å²) in [5, 5.41) is 2.89. The van der Waals surface area contributed by atoms with Crippen LogP contribution in [0.25, 0.3) is 0 Å². The van der Waals surface area contributed by atoms with Crippen LogP contribution in [0.2, 0.25) is 0 Å². The lowest BCUT2D eigenvalue weighted by Gasteiger charge is -2.13. The molecule has 1 rings (SSSR count). The number of hydrogen-bond donors (Lipinski definition) is 2. The van der Waals surface area contributed by atoms with Crippen LogP contribution in [-0.2, 0) is 0 Å². The summed E-state index contributed by atoms with van der Waals surface area (Å²) >= 11 is 0. The van der Waals surface area contributed by atoms with Crippen molar-refractivity contribution in [2.45, 2.75) is 40.2 Å². The lowest BCUT2D eigenvalue weighted by molar-refractivity contribution is 0.0952. The highest BCUT2D eigenvalue weighted by Crippen LogP contribution is 2.19. The molecular formula is C13H23N3O. The molecule has 0 fully saturated rings. The molecule has 1 amide bonds. The van der Waals surface area contributed by atoms with Crippen molar-refractivity contribution in [3.05, 3.63) is 23.0 Å². The summed E-state index contributed by atoms with van der Waals surface area (Å²) in [7, 11) is 0. The molecule has 0 atom stereocenters. The van der Waals surface area contributed by atoms with Crippen molar-refractivity contribution < 1.29 is 4.79 Å². The predicted octanol–water partition coefficient (Wildman–Crippen LogP) is 1.76. The summed E-state index contributed by atoms with van der Waals surface area (Å²) in [4.78, 5) is 12.0. The molecule has 1 aromatic heterocycles. The maximum atomic E-state index is 12.0. The lowest BCUT2D eigenvalue weighted by Crippen LogP contribution is -2.26. The third-order valence-corrected chi connectivity index (χ3v) is 2.91. The van der Waals surface area contributed by atoms with Gasteiger partial charge in [-0.2, -0.15) is 0 Å². The Morgan fingerprint density at radius 3 is 2.59 bits per heavy atom. The summed E-state index contributed by atoms with van der Waals surface area (Å²) in [6.07, 6.45) is 0.814. The molecule has 0 aliphatic rings. The molecule has 0 radical (unpaired) electrons. The summed E-state index contributed by atoms with van der Waals surface area (Å²) < 4.78 is 2.18. The van der Waals surface area contributed by atoms with E-state index in [1.165, 1.54) is 0 Å². The standard InChI is InChI=1S/C13H23N3O/c1-9(2)16-10(3)8-12(11(16)4)13(17)15-7-5-6-14/h8-9H,5-7,14H2,1-4H3,(H,15,17). The highest BCUT2D eigenvalue weighted by molar-refractivity contribution is 5.95. The van der Waals surface area contributed by atoms with E-state index < -0.39 is 0 Å². The van der Waals surface area contributed by atoms with Crippen LogP contribution in [-0.4, -0.2) is 23.6 Å². The number of aryl methyl sites for hydroxylation is 1. The number of carbonyl (C=O) groups is 1. The van der Waals surface area contributed by atoms with Crippen molar-refractivity contribution in [3.63, 3.8) is 0 Å². The van der Waals surface area contributed by atoms with Gasteiger partial charge in [-0.1, -0.05) is 0 Å². The maximum absolute atomic E-state index is 12.0. The molecule has 96 valence electrons. The van der Waals surface area contributed by atoms with Crippen LogP contribution < -0.4 is 11.1 Å². The van der Waals surface area contributed by atoms with Gasteiger partial charge >= 0.3 is 0 Å². The summed E-state index contributed by atoms with van der Waals surface area (Å²) in [5.41, 5.74) is 8.32. The van der Waals surface area contributed by atoms with E-state index in [1.807, 2.05) is 19.9 Å². The fraction of sp³-hybridized carbons (Fsp3) is 0.615. The minimum absolute atomic E-state index is 0.00144. The van der Waals surface area contributed by atoms with Crippen molar-refractivity contribution in [2.75, 3.05) is 13.1 Å². The zero-order valence-corrected chi connectivity index (χ0v) is 11.2. The first-order valence-electron chi connectivity index (χ1n) is 6.15. The topological polar surface area (TPSA) is 60.1 Å². The van der Waals surface area contributed by atoms with Crippen molar-refractivity contribution in [2.24, 2.45) is 5.73 Å². The molecular weight excluding hydrogens is 214 g/mol. The minimum Gasteiger partial charge on any atom is -0.352 e. The highest BCUT2D eigenvalue weighted by Gasteiger charge is 2.16. The fourth-order valence-electron chi connectivity index (χ4n) is 2.20. The summed E-state index contributed by atoms with van der Waals surface area (Å²) in [6.45, 7) is 9.51. The van der Waals surface area contributed by atoms with E-state index in [2.05, 4.69) is 23.7 Å². The van der Waals surface area contributed by atoms with Crippen molar-refractivity contribution in [1.29, 1.82) is 0 Å². The molecule has 1 heterocycles. The van der Waals surface area contributed by atoms with Gasteiger partial charge in [0, 0.05) is 24.0 Å². The van der Waals surface area contributed by atoms with Gasteiger partial charge in [0.2, 0.25) is 0 Å². The third kappa shape index (κ3) is 3.09. The van der Waals surface area contributed by atoms with E-state index >= 15 is 0 Å². The Labute approximate surface area is 103 Å². The van der Waals surface area contributed by atoms with Gasteiger partial charge in [0.25, 0.3) is 5.91 Å². The number of nitrogens with one attached hydrogen (secondary N) is 1. The molecule has 0 aliphatic heterocycles. The molecule has 0 aliphatic carbocycles. The van der Waals surface area contributed by atoms with Gasteiger partial charge in [-0.15, -0.1) is 0 Å². The Morgan fingerprint density at radius 2 is 2.12 bits per heavy atom. The van der Waals surface area contributed by atoms with Gasteiger partial charge in [0.15, 0.2) is 0 Å². The number of nitrogens with zero attached hydrogens (tertiary/aromatic N) is 1. The van der Waals surface area contributed by atoms with Gasteiger partial charge in [0.1, 0.15) is 0 Å². The molecule has 0 unspecified atom stereocenters. The first kappa shape index (κ1) is 13.8. The Balaban J connectivity index is 2.84. The minimum atomic E-state index is -0.00144. The Bertz CT molecular complexity index is 394. The zero-order valence-electron chi connectivity index (χ0n) is 11.2. The molecule has 4 nitrogen and oxygen atoms in total. The van der Waals surface area contributed by atoms with Crippen LogP contribution in [0.3, 0.4) is 0 Å². The lowest BCUT2D eigenvalue weighted by atomic mass is 10.2. The number of nitrogens with two attached hydrogens (primary N) is 1. The first-order valence-corrected chi connectivity index (χ1v) is 6.15. The quantitative estimate of drug-likeness (QED) is 0.767. The van der Waals surface area contributed by atoms with Gasteiger partial charge in [-0.25, -0.2) is 0 Å². The van der Waals surface area contributed by atoms with E-state index in [1.54, 1.807) is 0 Å². The van der Waals surface area contributed by atoms with E-state index in [4.69, 9.17) is 5.73 Å². The summed E-state index contributed by atoms with van der Waals surface area (Å²) in [6, 6.07) is 2.33. The number of amides is 1. The molecule has 3 N–H and O–H groups in total. The third-order valence-electron chi connectivity index (χ3n) is 2.91. The molecule has 0 bridgehead atoms. The predicted molar refractivity (Wildman–Crippen MR) is 70.3 cm³/mol. The maximum Gasteiger partial charge on any atom is 0.253 e. The van der Waals surface area contributed by atoms with Crippen molar-refractivity contribution in [3.8, 4) is 0 Å². The molecule has 0 aromatic carbocycles. The monoisotopic (exact) mass is 237 g/mol. The van der Waals surface area contributed by atoms with E-state index in [9.17, 15) is 4.79 Å². The van der Waals surface area contributed by atoms with Crippen LogP contribution in [0.4, 0.5) is 0 Å². The van der Waals surface area contributed by atoms with Crippen LogP contribution in [0.5, 0.6) is 0 Å². The Morgan fingerprint density at radius 1 is 1.47 bits per heavy atom. The van der Waals surface area contributed by atoms with Gasteiger partial charge in [-0.05, 0) is 46.7 Å². The second kappa shape index (κ2) is 5.87. The SMILES string of the molecule is Cc1cc(C(=O)NCCCN)c(C)n1C(C)C. The molecule has 0 spiro atoms. The average Bonchev–Trinajstić information content (AvgIpc) is 2.54. The van der Waals surface area contributed by atoms with E-state index in [0.717, 1.165) is 23.4 Å². The number of aromatic nitrogens is 1. The van der Waals surface area contributed by atoms with Crippen molar-refractivity contribution >= 4 is 5.91 Å². The van der Waals surface area contributed by atoms with Crippen molar-refractivity contribution in [1.82, 2.24) is 9.88 Å². The van der Waals surface area contributed by atoms with Crippen LogP contribution in [0, 0.1) is 13.8 Å². The van der Waals surface area contributed by atoms with Gasteiger partial charge in [0.05, 0.1) is 5.56 Å². The van der Waals surface area contributed by atoms with Gasteiger partial charge < -0.3 is 15.6 Å². The molecule has 4 heteroatoms. The largest absolute Gasteiger partial charge is 0.352 e. The van der Waals surface area contributed by atoms with Crippen LogP contribution in [0.1, 0.15) is 48.1 Å². The fourth-order valence-corrected chi connectivity index (χ4v) is 2.20. The van der Waals surface area contributed by atoms with E-state index in [0.29, 0.717) is 19.1 Å². The molecule has 17 heavy (non-hydrogen) atoms. The molecule has 0 saturated heterocycles. The van der Waals surface area contributed by atoms with Crippen LogP contribution in [0.15, 0.2) is 6.07 Å². The van der Waals surface area contributed by atoms with Gasteiger partial charge in [-0.3, -0.25) is 4.79 Å². The Kier molecular flexibility index (Phi) is 4.75. The second-order valence-electron chi connectivity index (χ2n) is 4.65. The second-order valence-corrected chi connectivity index (χ2v) is 4.65. The molecule has 0 saturated carbocycles. The molecule has 1 aromatic rings. The number of rotatable bonds is 5. The average molecular weight is 237 g/mol. The van der Waals surface area contributed by atoms with Crippen LogP contribution >= 0.6 is 0 Å². The highest BCUT2D eigenvalue weighted by atomic mass is 16.1. The Hall–Kier alpha value is -1.29. The normalized spacial score (nSPS) is 10.9. The smallest absolute Gasteiger partial charge is 0.253 e. The first-order chi connectivity index (χ1) is 7.99.